The lowest BCUT2D eigenvalue weighted by Crippen LogP contribution is -2.31. The molecule has 4 nitrogen and oxygen atoms in total. The number of benzene rings is 2. The fourth-order valence-corrected chi connectivity index (χ4v) is 4.05. The molecule has 2 aromatic rings. The Morgan fingerprint density at radius 2 is 1.60 bits per heavy atom. The third-order valence-corrected chi connectivity index (χ3v) is 5.70. The van der Waals surface area contributed by atoms with Crippen molar-refractivity contribution in [3.8, 4) is 0 Å². The summed E-state index contributed by atoms with van der Waals surface area (Å²) < 4.78 is 0. The Bertz CT molecular complexity index is 854. The van der Waals surface area contributed by atoms with E-state index in [1.807, 2.05) is 29.2 Å². The Hall–Kier alpha value is -2.62. The van der Waals surface area contributed by atoms with Crippen LogP contribution in [0.25, 0.3) is 0 Å². The molecule has 30 heavy (non-hydrogen) atoms. The normalized spacial score (nSPS) is 15.1. The molecular weight excluding hydrogens is 372 g/mol. The number of nitrogens with one attached hydrogen (secondary N) is 1. The predicted molar refractivity (Wildman–Crippen MR) is 121 cm³/mol. The highest BCUT2D eigenvalue weighted by molar-refractivity contribution is 5.94. The molecule has 0 spiro atoms. The smallest absolute Gasteiger partial charge is 0.251 e. The zero-order chi connectivity index (χ0) is 21.7. The zero-order valence-electron chi connectivity index (χ0n) is 18.7. The minimum atomic E-state index is -0.0660. The topological polar surface area (TPSA) is 49.4 Å². The number of rotatable bonds is 8. The second-order valence-electron chi connectivity index (χ2n) is 9.15. The lowest BCUT2D eigenvalue weighted by molar-refractivity contribution is -0.128. The van der Waals surface area contributed by atoms with E-state index in [1.165, 1.54) is 5.56 Å². The van der Waals surface area contributed by atoms with E-state index in [-0.39, 0.29) is 23.8 Å². The van der Waals surface area contributed by atoms with Crippen molar-refractivity contribution in [2.24, 2.45) is 11.8 Å². The van der Waals surface area contributed by atoms with Crippen LogP contribution < -0.4 is 5.32 Å². The fraction of sp³-hybridized carbons (Fsp3) is 0.462. The quantitative estimate of drug-likeness (QED) is 0.660. The van der Waals surface area contributed by atoms with E-state index in [4.69, 9.17) is 0 Å². The van der Waals surface area contributed by atoms with Crippen LogP contribution in [-0.2, 0) is 17.8 Å². The second-order valence-corrected chi connectivity index (χ2v) is 9.15. The predicted octanol–water partition coefficient (Wildman–Crippen LogP) is 5.13. The average molecular weight is 407 g/mol. The third kappa shape index (κ3) is 5.71. The van der Waals surface area contributed by atoms with Gasteiger partial charge < -0.3 is 10.2 Å². The summed E-state index contributed by atoms with van der Waals surface area (Å²) in [5, 5.41) is 3.21. The first-order valence-electron chi connectivity index (χ1n) is 11.1. The minimum Gasteiger partial charge on any atom is -0.345 e. The van der Waals surface area contributed by atoms with Gasteiger partial charge in [0.2, 0.25) is 5.91 Å². The van der Waals surface area contributed by atoms with Crippen LogP contribution >= 0.6 is 0 Å². The molecule has 1 atom stereocenters. The van der Waals surface area contributed by atoms with E-state index in [1.54, 1.807) is 0 Å². The van der Waals surface area contributed by atoms with E-state index in [0.717, 1.165) is 30.5 Å². The van der Waals surface area contributed by atoms with E-state index in [9.17, 15) is 9.59 Å². The maximum atomic E-state index is 12.9. The number of carbonyl (C=O) groups excluding carboxylic acids is 2. The van der Waals surface area contributed by atoms with Crippen molar-refractivity contribution in [1.82, 2.24) is 10.2 Å². The van der Waals surface area contributed by atoms with Crippen LogP contribution in [0.2, 0.25) is 0 Å². The first-order valence-corrected chi connectivity index (χ1v) is 11.1. The van der Waals surface area contributed by atoms with Crippen LogP contribution in [0, 0.1) is 11.8 Å². The summed E-state index contributed by atoms with van der Waals surface area (Å²) in [5.41, 5.74) is 4.17. The lowest BCUT2D eigenvalue weighted by atomic mass is 9.93. The Balaban J connectivity index is 1.65. The van der Waals surface area contributed by atoms with Crippen LogP contribution in [0.4, 0.5) is 0 Å². The monoisotopic (exact) mass is 406 g/mol. The number of nitrogens with zero attached hydrogens (tertiary/aromatic N) is 1. The van der Waals surface area contributed by atoms with Gasteiger partial charge in [-0.05, 0) is 53.5 Å². The summed E-state index contributed by atoms with van der Waals surface area (Å²) >= 11 is 0. The first-order chi connectivity index (χ1) is 14.3. The lowest BCUT2D eigenvalue weighted by Gasteiger charge is -2.23. The van der Waals surface area contributed by atoms with Gasteiger partial charge in [0, 0.05) is 25.1 Å². The molecule has 2 amide bonds. The molecule has 1 unspecified atom stereocenters. The number of hydrogen-bond acceptors (Lipinski definition) is 2. The van der Waals surface area contributed by atoms with Crippen LogP contribution in [0.15, 0.2) is 48.5 Å². The van der Waals surface area contributed by atoms with Gasteiger partial charge >= 0.3 is 0 Å². The molecule has 3 rings (SSSR count). The van der Waals surface area contributed by atoms with Crippen molar-refractivity contribution in [3.05, 3.63) is 70.8 Å². The highest BCUT2D eigenvalue weighted by Crippen LogP contribution is 2.24. The standard InChI is InChI=1S/C26H34N2O2/c1-18(2)16-20-7-11-22(12-8-20)25(19(3)4)27-26(30)23-13-9-21(10-14-23)17-28-15-5-6-24(28)29/h7-14,18-19,25H,5-6,15-17H2,1-4H3,(H,27,30). The molecule has 0 radical (unpaired) electrons. The third-order valence-electron chi connectivity index (χ3n) is 5.70. The Labute approximate surface area is 180 Å². The Morgan fingerprint density at radius 3 is 2.13 bits per heavy atom. The largest absolute Gasteiger partial charge is 0.345 e. The van der Waals surface area contributed by atoms with Gasteiger partial charge in [-0.1, -0.05) is 64.1 Å². The summed E-state index contributed by atoms with van der Waals surface area (Å²) in [7, 11) is 0. The Kier molecular flexibility index (Phi) is 7.30. The molecule has 0 saturated carbocycles. The van der Waals surface area contributed by atoms with Crippen molar-refractivity contribution in [3.63, 3.8) is 0 Å². The molecular formula is C26H34N2O2. The number of carbonyl (C=O) groups is 2. The van der Waals surface area contributed by atoms with Gasteiger partial charge in [0.15, 0.2) is 0 Å². The van der Waals surface area contributed by atoms with Crippen LogP contribution in [0.1, 0.15) is 73.6 Å². The summed E-state index contributed by atoms with van der Waals surface area (Å²) in [5.74, 6) is 1.06. The maximum absolute atomic E-state index is 12.9. The zero-order valence-corrected chi connectivity index (χ0v) is 18.7. The summed E-state index contributed by atoms with van der Waals surface area (Å²) in [6.45, 7) is 10.1. The SMILES string of the molecule is CC(C)Cc1ccc(C(NC(=O)c2ccc(CN3CCCC3=O)cc2)C(C)C)cc1. The highest BCUT2D eigenvalue weighted by atomic mass is 16.2. The van der Waals surface area contributed by atoms with E-state index in [0.29, 0.717) is 24.4 Å². The fourth-order valence-electron chi connectivity index (χ4n) is 4.05. The number of amides is 2. The molecule has 1 aliphatic heterocycles. The molecule has 2 aromatic carbocycles. The first kappa shape index (κ1) is 22.1. The van der Waals surface area contributed by atoms with Gasteiger partial charge in [-0.25, -0.2) is 0 Å². The van der Waals surface area contributed by atoms with E-state index in [2.05, 4.69) is 57.3 Å². The molecule has 1 N–H and O–H groups in total. The molecule has 0 aliphatic carbocycles. The summed E-state index contributed by atoms with van der Waals surface area (Å²) in [6.07, 6.45) is 2.65. The van der Waals surface area contributed by atoms with E-state index >= 15 is 0 Å². The highest BCUT2D eigenvalue weighted by Gasteiger charge is 2.21. The number of hydrogen-bond donors (Lipinski definition) is 1. The molecule has 1 heterocycles. The van der Waals surface area contributed by atoms with Gasteiger partial charge in [-0.2, -0.15) is 0 Å². The molecule has 160 valence electrons. The molecule has 1 saturated heterocycles. The molecule has 4 heteroatoms. The minimum absolute atomic E-state index is 0.0347. The summed E-state index contributed by atoms with van der Waals surface area (Å²) in [4.78, 5) is 26.6. The van der Waals surface area contributed by atoms with Crippen molar-refractivity contribution >= 4 is 11.8 Å². The van der Waals surface area contributed by atoms with Gasteiger partial charge in [0.1, 0.15) is 0 Å². The van der Waals surface area contributed by atoms with Crippen molar-refractivity contribution < 1.29 is 9.59 Å². The molecule has 0 bridgehead atoms. The van der Waals surface area contributed by atoms with Crippen molar-refractivity contribution in [2.75, 3.05) is 6.54 Å². The van der Waals surface area contributed by atoms with Crippen LogP contribution in [0.3, 0.4) is 0 Å². The van der Waals surface area contributed by atoms with Gasteiger partial charge in [0.25, 0.3) is 5.91 Å². The van der Waals surface area contributed by atoms with Gasteiger partial charge in [-0.3, -0.25) is 9.59 Å². The van der Waals surface area contributed by atoms with Gasteiger partial charge in [-0.15, -0.1) is 0 Å². The van der Waals surface area contributed by atoms with Crippen LogP contribution in [0.5, 0.6) is 0 Å². The van der Waals surface area contributed by atoms with Crippen LogP contribution in [-0.4, -0.2) is 23.3 Å². The van der Waals surface area contributed by atoms with Gasteiger partial charge in [0.05, 0.1) is 6.04 Å². The Morgan fingerprint density at radius 1 is 0.967 bits per heavy atom. The summed E-state index contributed by atoms with van der Waals surface area (Å²) in [6, 6.07) is 16.2. The number of likely N-dealkylation sites (tertiary alicyclic amines) is 1. The maximum Gasteiger partial charge on any atom is 0.251 e. The second kappa shape index (κ2) is 9.92. The van der Waals surface area contributed by atoms with Crippen molar-refractivity contribution in [2.45, 2.75) is 59.5 Å². The molecule has 1 aliphatic rings. The average Bonchev–Trinajstić information content (AvgIpc) is 3.11. The van der Waals surface area contributed by atoms with E-state index < -0.39 is 0 Å². The molecule has 0 aromatic heterocycles. The molecule has 1 fully saturated rings. The van der Waals surface area contributed by atoms with Crippen molar-refractivity contribution in [1.29, 1.82) is 0 Å².